The van der Waals surface area contributed by atoms with E-state index in [1.165, 1.54) is 0 Å². The van der Waals surface area contributed by atoms with Crippen LogP contribution in [-0.2, 0) is 13.2 Å². The van der Waals surface area contributed by atoms with E-state index in [-0.39, 0.29) is 12.5 Å². The second kappa shape index (κ2) is 8.34. The third-order valence-corrected chi connectivity index (χ3v) is 4.95. The molecule has 0 bridgehead atoms. The van der Waals surface area contributed by atoms with Crippen LogP contribution in [0.3, 0.4) is 0 Å². The molecule has 0 aliphatic rings. The molecular formula is C21H22Cl2N2O2. The van der Waals surface area contributed by atoms with E-state index >= 15 is 0 Å². The van der Waals surface area contributed by atoms with E-state index in [1.54, 1.807) is 30.6 Å². The zero-order valence-corrected chi connectivity index (χ0v) is 17.1. The molecule has 0 atom stereocenters. The first-order valence-electron chi connectivity index (χ1n) is 8.76. The molecule has 0 aliphatic carbocycles. The summed E-state index contributed by atoms with van der Waals surface area (Å²) in [5.41, 5.74) is 3.94. The van der Waals surface area contributed by atoms with E-state index < -0.39 is 0 Å². The van der Waals surface area contributed by atoms with Gasteiger partial charge >= 0.3 is 0 Å². The minimum atomic E-state index is -0.0463. The SMILES string of the molecule is Cc1c(CO)c(C(C)C)c(Oc2cc(Cl)cc(Cl)c2)n1Cc1ccncc1. The van der Waals surface area contributed by atoms with Crippen molar-refractivity contribution in [1.82, 2.24) is 9.55 Å². The van der Waals surface area contributed by atoms with Gasteiger partial charge in [-0.25, -0.2) is 0 Å². The molecule has 142 valence electrons. The van der Waals surface area contributed by atoms with Crippen LogP contribution in [0.1, 0.15) is 42.1 Å². The summed E-state index contributed by atoms with van der Waals surface area (Å²) < 4.78 is 8.34. The van der Waals surface area contributed by atoms with Crippen molar-refractivity contribution in [2.24, 2.45) is 0 Å². The summed E-state index contributed by atoms with van der Waals surface area (Å²) in [5.74, 6) is 1.43. The summed E-state index contributed by atoms with van der Waals surface area (Å²) in [4.78, 5) is 4.08. The van der Waals surface area contributed by atoms with Crippen molar-refractivity contribution in [3.8, 4) is 11.6 Å². The maximum atomic E-state index is 9.99. The topological polar surface area (TPSA) is 47.3 Å². The van der Waals surface area contributed by atoms with Gasteiger partial charge in [-0.05, 0) is 48.7 Å². The minimum absolute atomic E-state index is 0.0463. The Morgan fingerprint density at radius 3 is 2.30 bits per heavy atom. The minimum Gasteiger partial charge on any atom is -0.440 e. The van der Waals surface area contributed by atoms with Gasteiger partial charge in [0.25, 0.3) is 0 Å². The van der Waals surface area contributed by atoms with Crippen LogP contribution in [0.4, 0.5) is 0 Å². The highest BCUT2D eigenvalue weighted by Gasteiger charge is 2.24. The zero-order valence-electron chi connectivity index (χ0n) is 15.5. The number of rotatable bonds is 6. The van der Waals surface area contributed by atoms with E-state index in [1.807, 2.05) is 19.1 Å². The average Bonchev–Trinajstić information content (AvgIpc) is 2.87. The number of halogens is 2. The van der Waals surface area contributed by atoms with Crippen LogP contribution < -0.4 is 4.74 Å². The number of hydrogen-bond acceptors (Lipinski definition) is 3. The molecule has 0 saturated heterocycles. The van der Waals surface area contributed by atoms with E-state index in [4.69, 9.17) is 27.9 Å². The van der Waals surface area contributed by atoms with Gasteiger partial charge in [-0.1, -0.05) is 37.0 Å². The summed E-state index contributed by atoms with van der Waals surface area (Å²) in [6.45, 7) is 6.73. The fourth-order valence-electron chi connectivity index (χ4n) is 3.25. The van der Waals surface area contributed by atoms with Crippen molar-refractivity contribution in [2.45, 2.75) is 39.8 Å². The zero-order chi connectivity index (χ0) is 19.6. The quantitative estimate of drug-likeness (QED) is 0.551. The molecule has 0 unspecified atom stereocenters. The second-order valence-corrected chi connectivity index (χ2v) is 7.62. The van der Waals surface area contributed by atoms with Crippen molar-refractivity contribution in [1.29, 1.82) is 0 Å². The smallest absolute Gasteiger partial charge is 0.204 e. The van der Waals surface area contributed by atoms with Gasteiger partial charge in [-0.2, -0.15) is 0 Å². The molecule has 1 aromatic carbocycles. The Bertz CT molecular complexity index is 917. The lowest BCUT2D eigenvalue weighted by Crippen LogP contribution is -2.05. The van der Waals surface area contributed by atoms with Gasteiger partial charge in [0, 0.05) is 39.3 Å². The van der Waals surface area contributed by atoms with Gasteiger partial charge in [0.05, 0.1) is 13.2 Å². The Morgan fingerprint density at radius 2 is 1.74 bits per heavy atom. The van der Waals surface area contributed by atoms with Crippen molar-refractivity contribution < 1.29 is 9.84 Å². The number of ether oxygens (including phenoxy) is 1. The number of nitrogens with zero attached hydrogens (tertiary/aromatic N) is 2. The van der Waals surface area contributed by atoms with Crippen LogP contribution in [0.15, 0.2) is 42.7 Å². The van der Waals surface area contributed by atoms with Gasteiger partial charge in [-0.3, -0.25) is 4.98 Å². The van der Waals surface area contributed by atoms with Gasteiger partial charge in [0.1, 0.15) is 5.75 Å². The third kappa shape index (κ3) is 4.29. The second-order valence-electron chi connectivity index (χ2n) is 6.74. The van der Waals surface area contributed by atoms with Crippen LogP contribution in [0.2, 0.25) is 10.0 Å². The highest BCUT2D eigenvalue weighted by molar-refractivity contribution is 6.34. The monoisotopic (exact) mass is 404 g/mol. The number of benzene rings is 1. The Kier molecular flexibility index (Phi) is 6.10. The molecular weight excluding hydrogens is 383 g/mol. The molecule has 0 fully saturated rings. The molecule has 0 aliphatic heterocycles. The summed E-state index contributed by atoms with van der Waals surface area (Å²) >= 11 is 12.3. The van der Waals surface area contributed by atoms with E-state index in [2.05, 4.69) is 23.4 Å². The highest BCUT2D eigenvalue weighted by Crippen LogP contribution is 2.39. The summed E-state index contributed by atoms with van der Waals surface area (Å²) in [6.07, 6.45) is 3.53. The summed E-state index contributed by atoms with van der Waals surface area (Å²) in [5, 5.41) is 11.0. The lowest BCUT2D eigenvalue weighted by molar-refractivity contribution is 0.279. The number of aliphatic hydroxyl groups excluding tert-OH is 1. The first-order chi connectivity index (χ1) is 12.9. The Hall–Kier alpha value is -2.01. The maximum Gasteiger partial charge on any atom is 0.204 e. The lowest BCUT2D eigenvalue weighted by atomic mass is 10.0. The fraction of sp³-hybridized carbons (Fsp3) is 0.286. The molecule has 0 spiro atoms. The van der Waals surface area contributed by atoms with Crippen molar-refractivity contribution >= 4 is 23.2 Å². The fourth-order valence-corrected chi connectivity index (χ4v) is 3.76. The largest absolute Gasteiger partial charge is 0.440 e. The van der Waals surface area contributed by atoms with Crippen LogP contribution in [0, 0.1) is 6.92 Å². The molecule has 6 heteroatoms. The first kappa shape index (κ1) is 19.7. The summed E-state index contributed by atoms with van der Waals surface area (Å²) in [6, 6.07) is 9.06. The molecule has 1 N–H and O–H groups in total. The molecule has 27 heavy (non-hydrogen) atoms. The van der Waals surface area contributed by atoms with Gasteiger partial charge in [-0.15, -0.1) is 0 Å². The average molecular weight is 405 g/mol. The van der Waals surface area contributed by atoms with Crippen LogP contribution in [0.25, 0.3) is 0 Å². The van der Waals surface area contributed by atoms with Crippen LogP contribution in [-0.4, -0.2) is 14.7 Å². The lowest BCUT2D eigenvalue weighted by Gasteiger charge is -2.16. The number of hydrogen-bond donors (Lipinski definition) is 1. The molecule has 4 nitrogen and oxygen atoms in total. The third-order valence-electron chi connectivity index (χ3n) is 4.52. The molecule has 0 saturated carbocycles. The number of aliphatic hydroxyl groups is 1. The number of aromatic nitrogens is 2. The molecule has 2 heterocycles. The van der Waals surface area contributed by atoms with E-state index in [0.717, 1.165) is 22.4 Å². The van der Waals surface area contributed by atoms with Gasteiger partial charge < -0.3 is 14.4 Å². The molecule has 3 rings (SSSR count). The Balaban J connectivity index is 2.13. The molecule has 2 aromatic heterocycles. The van der Waals surface area contributed by atoms with Gasteiger partial charge in [0.2, 0.25) is 5.88 Å². The van der Waals surface area contributed by atoms with Crippen molar-refractivity contribution in [3.63, 3.8) is 0 Å². The first-order valence-corrected chi connectivity index (χ1v) is 9.51. The highest BCUT2D eigenvalue weighted by atomic mass is 35.5. The molecule has 0 amide bonds. The number of pyridine rings is 1. The van der Waals surface area contributed by atoms with Crippen molar-refractivity contribution in [3.05, 3.63) is 75.2 Å². The Labute approximate surface area is 169 Å². The van der Waals surface area contributed by atoms with Crippen LogP contribution >= 0.6 is 23.2 Å². The standard InChI is InChI=1S/C21H22Cl2N2O2/c1-13(2)20-19(12-26)14(3)25(11-15-4-6-24-7-5-15)21(20)27-18-9-16(22)8-17(23)10-18/h4-10,13,26H,11-12H2,1-3H3. The van der Waals surface area contributed by atoms with E-state index in [9.17, 15) is 5.11 Å². The summed E-state index contributed by atoms with van der Waals surface area (Å²) in [7, 11) is 0. The maximum absolute atomic E-state index is 9.99. The molecule has 3 aromatic rings. The predicted molar refractivity (Wildman–Crippen MR) is 109 cm³/mol. The van der Waals surface area contributed by atoms with Gasteiger partial charge in [0.15, 0.2) is 0 Å². The normalized spacial score (nSPS) is 11.2. The van der Waals surface area contributed by atoms with Crippen molar-refractivity contribution in [2.75, 3.05) is 0 Å². The van der Waals surface area contributed by atoms with E-state index in [0.29, 0.717) is 28.2 Å². The van der Waals surface area contributed by atoms with Crippen LogP contribution in [0.5, 0.6) is 11.6 Å². The Morgan fingerprint density at radius 1 is 1.11 bits per heavy atom. The predicted octanol–water partition coefficient (Wildman–Crippen LogP) is 5.95. The molecule has 0 radical (unpaired) electrons.